The molecule has 25 heavy (non-hydrogen) atoms. The van der Waals surface area contributed by atoms with Gasteiger partial charge in [-0.15, -0.1) is 10.2 Å². The molecule has 4 rings (SSSR count). The quantitative estimate of drug-likeness (QED) is 0.740. The van der Waals surface area contributed by atoms with Crippen LogP contribution in [0.4, 0.5) is 0 Å². The Morgan fingerprint density at radius 2 is 2.20 bits per heavy atom. The van der Waals surface area contributed by atoms with Crippen LogP contribution in [0, 0.1) is 0 Å². The summed E-state index contributed by atoms with van der Waals surface area (Å²) >= 11 is 1.50. The minimum Gasteiger partial charge on any atom is -0.467 e. The van der Waals surface area contributed by atoms with Crippen molar-refractivity contribution in [2.75, 3.05) is 12.3 Å². The van der Waals surface area contributed by atoms with Crippen LogP contribution in [0.3, 0.4) is 0 Å². The molecule has 1 saturated heterocycles. The van der Waals surface area contributed by atoms with Gasteiger partial charge in [0.15, 0.2) is 5.16 Å². The molecule has 2 aromatic heterocycles. The van der Waals surface area contributed by atoms with Crippen LogP contribution in [0.25, 0.3) is 0 Å². The van der Waals surface area contributed by atoms with Crippen LogP contribution >= 0.6 is 11.8 Å². The number of amides is 1. The molecule has 0 bridgehead atoms. The molecule has 7 heteroatoms. The number of hydrogen-bond acceptors (Lipinski definition) is 5. The van der Waals surface area contributed by atoms with Gasteiger partial charge < -0.3 is 9.32 Å². The van der Waals surface area contributed by atoms with E-state index in [0.717, 1.165) is 36.1 Å². The van der Waals surface area contributed by atoms with Crippen LogP contribution in [0.15, 0.2) is 28.0 Å². The minimum atomic E-state index is 0.206. The van der Waals surface area contributed by atoms with Gasteiger partial charge >= 0.3 is 0 Å². The van der Waals surface area contributed by atoms with Gasteiger partial charge in [-0.25, -0.2) is 0 Å². The van der Waals surface area contributed by atoms with E-state index < -0.39 is 0 Å². The maximum atomic E-state index is 12.6. The Morgan fingerprint density at radius 1 is 1.32 bits per heavy atom. The summed E-state index contributed by atoms with van der Waals surface area (Å²) in [6.07, 6.45) is 7.47. The summed E-state index contributed by atoms with van der Waals surface area (Å²) in [5, 5.41) is 9.56. The molecule has 6 nitrogen and oxygen atoms in total. The van der Waals surface area contributed by atoms with E-state index in [1.165, 1.54) is 31.0 Å². The first kappa shape index (κ1) is 16.7. The lowest BCUT2D eigenvalue weighted by atomic mass is 10.0. The Bertz CT molecular complexity index is 724. The van der Waals surface area contributed by atoms with Crippen LogP contribution in [0.2, 0.25) is 0 Å². The molecule has 1 amide bonds. The number of piperidine rings is 1. The molecule has 1 aliphatic carbocycles. The monoisotopic (exact) mass is 360 g/mol. The van der Waals surface area contributed by atoms with Gasteiger partial charge in [-0.2, -0.15) is 0 Å². The maximum Gasteiger partial charge on any atom is 0.233 e. The van der Waals surface area contributed by atoms with Gasteiger partial charge in [0.25, 0.3) is 0 Å². The van der Waals surface area contributed by atoms with Crippen LogP contribution in [-0.2, 0) is 11.3 Å². The lowest BCUT2D eigenvalue weighted by molar-refractivity contribution is -0.131. The molecule has 0 spiro atoms. The van der Waals surface area contributed by atoms with E-state index in [9.17, 15) is 4.79 Å². The molecule has 2 aliphatic rings. The Kier molecular flexibility index (Phi) is 4.83. The number of nitrogens with zero attached hydrogens (tertiary/aromatic N) is 4. The highest BCUT2D eigenvalue weighted by Crippen LogP contribution is 2.40. The standard InChI is InChI=1S/C18H24N4O2S/c1-13-5-2-3-9-21(13)16(23)12-25-18-20-19-17(14-7-8-14)22(18)11-15-6-4-10-24-15/h4,6,10,13-14H,2-3,5,7-9,11-12H2,1H3. The van der Waals surface area contributed by atoms with Gasteiger partial charge in [-0.1, -0.05) is 11.8 Å². The third kappa shape index (κ3) is 3.76. The molecular formula is C18H24N4O2S. The van der Waals surface area contributed by atoms with E-state index >= 15 is 0 Å². The van der Waals surface area contributed by atoms with Crippen molar-refractivity contribution in [2.24, 2.45) is 0 Å². The Hall–Kier alpha value is -1.76. The van der Waals surface area contributed by atoms with Gasteiger partial charge in [-0.05, 0) is 51.2 Å². The summed E-state index contributed by atoms with van der Waals surface area (Å²) < 4.78 is 7.61. The molecule has 0 radical (unpaired) electrons. The number of likely N-dealkylation sites (tertiary alicyclic amines) is 1. The molecule has 0 N–H and O–H groups in total. The highest BCUT2D eigenvalue weighted by Gasteiger charge is 2.31. The zero-order valence-electron chi connectivity index (χ0n) is 14.6. The fraction of sp³-hybridized carbons (Fsp3) is 0.611. The average Bonchev–Trinajstić information content (AvgIpc) is 3.18. The van der Waals surface area contributed by atoms with Crippen molar-refractivity contribution in [1.82, 2.24) is 19.7 Å². The lowest BCUT2D eigenvalue weighted by Gasteiger charge is -2.33. The molecule has 1 unspecified atom stereocenters. The van der Waals surface area contributed by atoms with Crippen molar-refractivity contribution < 1.29 is 9.21 Å². The second-order valence-electron chi connectivity index (χ2n) is 7.00. The molecule has 0 aromatic carbocycles. The topological polar surface area (TPSA) is 64.2 Å². The summed E-state index contributed by atoms with van der Waals surface area (Å²) in [5.74, 6) is 3.05. The van der Waals surface area contributed by atoms with Gasteiger partial charge in [0, 0.05) is 18.5 Å². The predicted octanol–water partition coefficient (Wildman–Crippen LogP) is 3.29. The summed E-state index contributed by atoms with van der Waals surface area (Å²) in [6.45, 7) is 3.65. The maximum absolute atomic E-state index is 12.6. The van der Waals surface area contributed by atoms with E-state index in [0.29, 0.717) is 24.3 Å². The zero-order valence-corrected chi connectivity index (χ0v) is 15.4. The molecule has 2 aromatic rings. The number of furan rings is 1. The first-order chi connectivity index (χ1) is 12.2. The molecule has 2 fully saturated rings. The Balaban J connectivity index is 1.45. The van der Waals surface area contributed by atoms with Crippen molar-refractivity contribution >= 4 is 17.7 Å². The Morgan fingerprint density at radius 3 is 2.92 bits per heavy atom. The number of rotatable bonds is 6. The highest BCUT2D eigenvalue weighted by molar-refractivity contribution is 7.99. The number of hydrogen-bond donors (Lipinski definition) is 0. The summed E-state index contributed by atoms with van der Waals surface area (Å²) in [5.41, 5.74) is 0. The number of aromatic nitrogens is 3. The zero-order chi connectivity index (χ0) is 17.2. The first-order valence-corrected chi connectivity index (χ1v) is 10.1. The largest absolute Gasteiger partial charge is 0.467 e. The number of carbonyl (C=O) groups excluding carboxylic acids is 1. The second kappa shape index (κ2) is 7.23. The minimum absolute atomic E-state index is 0.206. The van der Waals surface area contributed by atoms with Crippen LogP contribution in [-0.4, -0.2) is 43.9 Å². The third-order valence-corrected chi connectivity index (χ3v) is 5.98. The smallest absolute Gasteiger partial charge is 0.233 e. The van der Waals surface area contributed by atoms with E-state index in [1.54, 1.807) is 6.26 Å². The van der Waals surface area contributed by atoms with Crippen molar-refractivity contribution in [3.8, 4) is 0 Å². The van der Waals surface area contributed by atoms with Crippen LogP contribution in [0.5, 0.6) is 0 Å². The molecule has 1 atom stereocenters. The van der Waals surface area contributed by atoms with Crippen molar-refractivity contribution in [2.45, 2.75) is 62.7 Å². The number of carbonyl (C=O) groups is 1. The van der Waals surface area contributed by atoms with Crippen LogP contribution < -0.4 is 0 Å². The van der Waals surface area contributed by atoms with Crippen molar-refractivity contribution in [3.05, 3.63) is 30.0 Å². The second-order valence-corrected chi connectivity index (χ2v) is 7.94. The van der Waals surface area contributed by atoms with Gasteiger partial charge in [0.1, 0.15) is 11.6 Å². The van der Waals surface area contributed by atoms with E-state index in [2.05, 4.69) is 21.7 Å². The summed E-state index contributed by atoms with van der Waals surface area (Å²) in [4.78, 5) is 14.6. The fourth-order valence-corrected chi connectivity index (χ4v) is 4.27. The average molecular weight is 360 g/mol. The molecule has 3 heterocycles. The van der Waals surface area contributed by atoms with Crippen molar-refractivity contribution in [3.63, 3.8) is 0 Å². The van der Waals surface area contributed by atoms with Gasteiger partial charge in [0.2, 0.25) is 5.91 Å². The van der Waals surface area contributed by atoms with Crippen molar-refractivity contribution in [1.29, 1.82) is 0 Å². The lowest BCUT2D eigenvalue weighted by Crippen LogP contribution is -2.43. The molecule has 134 valence electrons. The molecule has 1 saturated carbocycles. The normalized spacial score (nSPS) is 20.8. The highest BCUT2D eigenvalue weighted by atomic mass is 32.2. The van der Waals surface area contributed by atoms with E-state index in [-0.39, 0.29) is 5.91 Å². The van der Waals surface area contributed by atoms with E-state index in [1.807, 2.05) is 17.0 Å². The summed E-state index contributed by atoms with van der Waals surface area (Å²) in [6, 6.07) is 4.21. The molecular weight excluding hydrogens is 336 g/mol. The summed E-state index contributed by atoms with van der Waals surface area (Å²) in [7, 11) is 0. The Labute approximate surface area is 152 Å². The predicted molar refractivity (Wildman–Crippen MR) is 95.6 cm³/mol. The first-order valence-electron chi connectivity index (χ1n) is 9.10. The van der Waals surface area contributed by atoms with E-state index in [4.69, 9.17) is 4.42 Å². The SMILES string of the molecule is CC1CCCCN1C(=O)CSc1nnc(C2CC2)n1Cc1ccco1. The molecule has 1 aliphatic heterocycles. The number of thioether (sulfide) groups is 1. The van der Waals surface area contributed by atoms with Gasteiger partial charge in [-0.3, -0.25) is 9.36 Å². The van der Waals surface area contributed by atoms with Crippen LogP contribution in [0.1, 0.15) is 56.5 Å². The van der Waals surface area contributed by atoms with Gasteiger partial charge in [0.05, 0.1) is 18.6 Å². The third-order valence-electron chi connectivity index (χ3n) is 5.03. The fourth-order valence-electron chi connectivity index (χ4n) is 3.44.